The molecule has 0 aliphatic carbocycles. The van der Waals surface area contributed by atoms with Crippen LogP contribution < -0.4 is 5.73 Å². The predicted molar refractivity (Wildman–Crippen MR) is 49.1 cm³/mol. The SMILES string of the molecule is Nc1onc(C(F)(F)F)c1-c1ccccn1. The highest BCUT2D eigenvalue weighted by Crippen LogP contribution is 2.38. The Morgan fingerprint density at radius 1 is 1.25 bits per heavy atom. The van der Waals surface area contributed by atoms with E-state index in [1.165, 1.54) is 12.3 Å². The van der Waals surface area contributed by atoms with Crippen LogP contribution in [0.4, 0.5) is 19.1 Å². The summed E-state index contributed by atoms with van der Waals surface area (Å²) in [6.07, 6.45) is -3.25. The van der Waals surface area contributed by atoms with Gasteiger partial charge in [0.2, 0.25) is 5.88 Å². The van der Waals surface area contributed by atoms with E-state index < -0.39 is 17.8 Å². The second-order valence-electron chi connectivity index (χ2n) is 2.98. The molecule has 16 heavy (non-hydrogen) atoms. The Hall–Kier alpha value is -2.05. The van der Waals surface area contributed by atoms with Gasteiger partial charge in [-0.15, -0.1) is 0 Å². The lowest BCUT2D eigenvalue weighted by Gasteiger charge is -2.04. The topological polar surface area (TPSA) is 64.9 Å². The summed E-state index contributed by atoms with van der Waals surface area (Å²) in [5.74, 6) is -0.397. The molecule has 0 fully saturated rings. The van der Waals surface area contributed by atoms with Crippen molar-refractivity contribution in [1.29, 1.82) is 0 Å². The molecule has 0 saturated heterocycles. The van der Waals surface area contributed by atoms with Crippen LogP contribution in [-0.4, -0.2) is 10.1 Å². The summed E-state index contributed by atoms with van der Waals surface area (Å²) in [7, 11) is 0. The number of nitrogens with zero attached hydrogens (tertiary/aromatic N) is 2. The monoisotopic (exact) mass is 229 g/mol. The van der Waals surface area contributed by atoms with Gasteiger partial charge in [-0.2, -0.15) is 13.2 Å². The third kappa shape index (κ3) is 1.71. The van der Waals surface area contributed by atoms with Crippen LogP contribution in [-0.2, 0) is 6.18 Å². The first kappa shape index (κ1) is 10.5. The van der Waals surface area contributed by atoms with E-state index in [4.69, 9.17) is 5.73 Å². The normalized spacial score (nSPS) is 11.7. The fourth-order valence-corrected chi connectivity index (χ4v) is 1.25. The fourth-order valence-electron chi connectivity index (χ4n) is 1.25. The fraction of sp³-hybridized carbons (Fsp3) is 0.111. The molecule has 2 heterocycles. The van der Waals surface area contributed by atoms with Gasteiger partial charge in [-0.1, -0.05) is 11.2 Å². The van der Waals surface area contributed by atoms with Crippen molar-refractivity contribution in [2.24, 2.45) is 0 Å². The maximum atomic E-state index is 12.5. The first-order chi connectivity index (χ1) is 7.50. The summed E-state index contributed by atoms with van der Waals surface area (Å²) in [6, 6.07) is 4.54. The van der Waals surface area contributed by atoms with E-state index in [2.05, 4.69) is 14.7 Å². The zero-order chi connectivity index (χ0) is 11.8. The van der Waals surface area contributed by atoms with Crippen LogP contribution in [0, 0.1) is 0 Å². The molecule has 0 unspecified atom stereocenters. The first-order valence-electron chi connectivity index (χ1n) is 4.24. The van der Waals surface area contributed by atoms with Gasteiger partial charge < -0.3 is 10.3 Å². The van der Waals surface area contributed by atoms with Gasteiger partial charge in [0, 0.05) is 6.20 Å². The van der Waals surface area contributed by atoms with Gasteiger partial charge in [0.25, 0.3) is 0 Å². The quantitative estimate of drug-likeness (QED) is 0.815. The van der Waals surface area contributed by atoms with E-state index in [1.54, 1.807) is 12.1 Å². The summed E-state index contributed by atoms with van der Waals surface area (Å²) in [4.78, 5) is 3.78. The molecule has 0 saturated carbocycles. The van der Waals surface area contributed by atoms with Gasteiger partial charge in [0.05, 0.1) is 11.3 Å². The number of anilines is 1. The smallest absolute Gasteiger partial charge is 0.367 e. The molecule has 4 nitrogen and oxygen atoms in total. The van der Waals surface area contributed by atoms with E-state index in [-0.39, 0.29) is 11.3 Å². The van der Waals surface area contributed by atoms with E-state index >= 15 is 0 Å². The van der Waals surface area contributed by atoms with Crippen LogP contribution in [0.25, 0.3) is 11.3 Å². The number of pyridine rings is 1. The van der Waals surface area contributed by atoms with E-state index in [0.29, 0.717) is 0 Å². The van der Waals surface area contributed by atoms with Crippen molar-refractivity contribution in [3.63, 3.8) is 0 Å². The highest BCUT2D eigenvalue weighted by molar-refractivity contribution is 5.72. The Bertz CT molecular complexity index is 492. The van der Waals surface area contributed by atoms with Crippen molar-refractivity contribution in [3.8, 4) is 11.3 Å². The van der Waals surface area contributed by atoms with Crippen LogP contribution in [0.15, 0.2) is 28.9 Å². The lowest BCUT2D eigenvalue weighted by atomic mass is 10.1. The number of hydrogen-bond acceptors (Lipinski definition) is 4. The van der Waals surface area contributed by atoms with Crippen molar-refractivity contribution in [1.82, 2.24) is 10.1 Å². The molecule has 0 bridgehead atoms. The molecule has 0 spiro atoms. The Morgan fingerprint density at radius 2 is 2.00 bits per heavy atom. The van der Waals surface area contributed by atoms with Gasteiger partial charge in [0.15, 0.2) is 5.69 Å². The van der Waals surface area contributed by atoms with Crippen molar-refractivity contribution < 1.29 is 17.7 Å². The van der Waals surface area contributed by atoms with Gasteiger partial charge in [0.1, 0.15) is 0 Å². The number of nitrogens with two attached hydrogens (primary N) is 1. The largest absolute Gasteiger partial charge is 0.437 e. The van der Waals surface area contributed by atoms with Crippen LogP contribution in [0.1, 0.15) is 5.69 Å². The molecular weight excluding hydrogens is 223 g/mol. The minimum absolute atomic E-state index is 0.0774. The predicted octanol–water partition coefficient (Wildman–Crippen LogP) is 2.34. The zero-order valence-corrected chi connectivity index (χ0v) is 7.82. The average molecular weight is 229 g/mol. The number of halogens is 3. The molecular formula is C9H6F3N3O. The Morgan fingerprint density at radius 3 is 2.56 bits per heavy atom. The van der Waals surface area contributed by atoms with Crippen LogP contribution in [0.2, 0.25) is 0 Å². The summed E-state index contributed by atoms with van der Waals surface area (Å²) in [5.41, 5.74) is 3.89. The van der Waals surface area contributed by atoms with Gasteiger partial charge >= 0.3 is 6.18 Å². The van der Waals surface area contributed by atoms with Crippen LogP contribution in [0.5, 0.6) is 0 Å². The molecule has 2 N–H and O–H groups in total. The highest BCUT2D eigenvalue weighted by Gasteiger charge is 2.39. The first-order valence-corrected chi connectivity index (χ1v) is 4.24. The van der Waals surface area contributed by atoms with Gasteiger partial charge in [-0.3, -0.25) is 4.98 Å². The standard InChI is InChI=1S/C9H6F3N3O/c10-9(11,12)7-6(8(13)16-15-7)5-3-1-2-4-14-5/h1-4H,13H2. The molecule has 0 aliphatic heterocycles. The zero-order valence-electron chi connectivity index (χ0n) is 7.82. The molecule has 0 aliphatic rings. The van der Waals surface area contributed by atoms with Crippen LogP contribution >= 0.6 is 0 Å². The second kappa shape index (κ2) is 3.51. The Labute approximate surface area is 87.9 Å². The van der Waals surface area contributed by atoms with Gasteiger partial charge in [-0.05, 0) is 12.1 Å². The third-order valence-corrected chi connectivity index (χ3v) is 1.91. The molecule has 84 valence electrons. The van der Waals surface area contributed by atoms with E-state index in [0.717, 1.165) is 0 Å². The molecule has 0 atom stereocenters. The number of alkyl halides is 3. The Kier molecular flexibility index (Phi) is 2.30. The number of aromatic nitrogens is 2. The summed E-state index contributed by atoms with van der Waals surface area (Å²) >= 11 is 0. The molecule has 2 aromatic rings. The van der Waals surface area contributed by atoms with E-state index in [9.17, 15) is 13.2 Å². The third-order valence-electron chi connectivity index (χ3n) is 1.91. The second-order valence-corrected chi connectivity index (χ2v) is 2.98. The summed E-state index contributed by atoms with van der Waals surface area (Å²) in [5, 5.41) is 2.90. The molecule has 2 aromatic heterocycles. The lowest BCUT2D eigenvalue weighted by molar-refractivity contribution is -0.142. The molecule has 7 heteroatoms. The number of rotatable bonds is 1. The molecule has 2 rings (SSSR count). The summed E-state index contributed by atoms with van der Waals surface area (Å²) in [6.45, 7) is 0. The minimum Gasteiger partial charge on any atom is -0.367 e. The van der Waals surface area contributed by atoms with Crippen molar-refractivity contribution in [3.05, 3.63) is 30.1 Å². The van der Waals surface area contributed by atoms with Crippen LogP contribution in [0.3, 0.4) is 0 Å². The minimum atomic E-state index is -4.62. The van der Waals surface area contributed by atoms with Crippen molar-refractivity contribution >= 4 is 5.88 Å². The maximum absolute atomic E-state index is 12.5. The molecule has 0 aromatic carbocycles. The lowest BCUT2D eigenvalue weighted by Crippen LogP contribution is -2.07. The number of nitrogen functional groups attached to an aromatic ring is 1. The molecule has 0 radical (unpaired) electrons. The summed E-state index contributed by atoms with van der Waals surface area (Å²) < 4.78 is 42.0. The maximum Gasteiger partial charge on any atom is 0.437 e. The van der Waals surface area contributed by atoms with Gasteiger partial charge in [-0.25, -0.2) is 0 Å². The van der Waals surface area contributed by atoms with E-state index in [1.807, 2.05) is 0 Å². The number of hydrogen-bond donors (Lipinski definition) is 1. The Balaban J connectivity index is 2.61. The van der Waals surface area contributed by atoms with Crippen molar-refractivity contribution in [2.45, 2.75) is 6.18 Å². The highest BCUT2D eigenvalue weighted by atomic mass is 19.4. The van der Waals surface area contributed by atoms with Crippen molar-refractivity contribution in [2.75, 3.05) is 5.73 Å². The average Bonchev–Trinajstić information content (AvgIpc) is 2.61. The molecule has 0 amide bonds.